The second-order valence-electron chi connectivity index (χ2n) is 2.02. The molecule has 1 aromatic rings. The molecule has 2 nitrogen and oxygen atoms in total. The van der Waals surface area contributed by atoms with E-state index in [-0.39, 0.29) is 5.75 Å². The van der Waals surface area contributed by atoms with E-state index >= 15 is 0 Å². The van der Waals surface area contributed by atoms with Crippen LogP contribution in [-0.4, -0.2) is 5.11 Å². The molecule has 0 spiro atoms. The summed E-state index contributed by atoms with van der Waals surface area (Å²) in [7, 11) is 0. The summed E-state index contributed by atoms with van der Waals surface area (Å²) in [6, 6.07) is 0. The Morgan fingerprint density at radius 2 is 1.25 bits per heavy atom. The van der Waals surface area contributed by atoms with E-state index in [1.807, 2.05) is 0 Å². The average Bonchev–Trinajstić information content (AvgIpc) is 2.08. The molecule has 0 atom stereocenters. The SMILES string of the molecule is Nc1c(O)c(Br)c(Br)c(Br)c1Br. The zero-order chi connectivity index (χ0) is 9.46. The van der Waals surface area contributed by atoms with Crippen molar-refractivity contribution < 1.29 is 5.11 Å². The van der Waals surface area contributed by atoms with Gasteiger partial charge in [0.2, 0.25) is 0 Å². The van der Waals surface area contributed by atoms with Crippen molar-refractivity contribution in [3.63, 3.8) is 0 Å². The molecule has 12 heavy (non-hydrogen) atoms. The summed E-state index contributed by atoms with van der Waals surface area (Å²) >= 11 is 13.0. The van der Waals surface area contributed by atoms with Gasteiger partial charge in [0.05, 0.1) is 19.1 Å². The summed E-state index contributed by atoms with van der Waals surface area (Å²) in [5, 5.41) is 9.44. The highest BCUT2D eigenvalue weighted by atomic mass is 79.9. The highest BCUT2D eigenvalue weighted by Gasteiger charge is 2.15. The fraction of sp³-hybridized carbons (Fsp3) is 0. The molecule has 0 unspecified atom stereocenters. The molecule has 0 saturated heterocycles. The normalized spacial score (nSPS) is 10.3. The molecule has 0 aliphatic heterocycles. The van der Waals surface area contributed by atoms with Crippen LogP contribution in [-0.2, 0) is 0 Å². The number of benzene rings is 1. The van der Waals surface area contributed by atoms with Crippen LogP contribution in [0.15, 0.2) is 17.9 Å². The molecule has 3 N–H and O–H groups in total. The molecule has 0 bridgehead atoms. The Morgan fingerprint density at radius 3 is 1.75 bits per heavy atom. The minimum Gasteiger partial charge on any atom is -0.505 e. The van der Waals surface area contributed by atoms with Crippen LogP contribution >= 0.6 is 63.7 Å². The second kappa shape index (κ2) is 3.86. The largest absolute Gasteiger partial charge is 0.505 e. The predicted octanol–water partition coefficient (Wildman–Crippen LogP) is 4.02. The maximum absolute atomic E-state index is 9.44. The van der Waals surface area contributed by atoms with Gasteiger partial charge in [0.1, 0.15) is 0 Å². The first-order valence-corrected chi connectivity index (χ1v) is 5.94. The van der Waals surface area contributed by atoms with Crippen molar-refractivity contribution in [2.24, 2.45) is 0 Å². The summed E-state index contributed by atoms with van der Waals surface area (Å²) in [4.78, 5) is 0. The topological polar surface area (TPSA) is 46.2 Å². The number of aromatic hydroxyl groups is 1. The number of phenols is 1. The van der Waals surface area contributed by atoms with Crippen LogP contribution in [0.5, 0.6) is 5.75 Å². The minimum absolute atomic E-state index is 0.0250. The lowest BCUT2D eigenvalue weighted by Crippen LogP contribution is -1.90. The Hall–Kier alpha value is 0.740. The van der Waals surface area contributed by atoms with Crippen LogP contribution in [0.1, 0.15) is 0 Å². The van der Waals surface area contributed by atoms with Crippen LogP contribution in [0.2, 0.25) is 0 Å². The summed E-state index contributed by atoms with van der Waals surface area (Å²) in [5.41, 5.74) is 5.88. The minimum atomic E-state index is 0.0250. The van der Waals surface area contributed by atoms with E-state index in [1.165, 1.54) is 0 Å². The van der Waals surface area contributed by atoms with E-state index < -0.39 is 0 Å². The third-order valence-electron chi connectivity index (χ3n) is 1.28. The Balaban J connectivity index is 3.60. The predicted molar refractivity (Wildman–Crippen MR) is 63.3 cm³/mol. The Labute approximate surface area is 103 Å². The number of phenolic OH excluding ortho intramolecular Hbond substituents is 1. The number of anilines is 1. The number of halogens is 4. The summed E-state index contributed by atoms with van der Waals surface area (Å²) in [5.74, 6) is 0.0250. The quantitative estimate of drug-likeness (QED) is 0.286. The lowest BCUT2D eigenvalue weighted by Gasteiger charge is -2.08. The average molecular weight is 425 g/mol. The molecule has 0 saturated carbocycles. The van der Waals surface area contributed by atoms with Gasteiger partial charge in [-0.3, -0.25) is 0 Å². The van der Waals surface area contributed by atoms with E-state index in [9.17, 15) is 5.11 Å². The molecular formula is C6H3Br4NO. The first kappa shape index (κ1) is 10.8. The van der Waals surface area contributed by atoms with Gasteiger partial charge < -0.3 is 10.8 Å². The molecule has 1 rings (SSSR count). The van der Waals surface area contributed by atoms with Gasteiger partial charge in [-0.05, 0) is 63.7 Å². The van der Waals surface area contributed by atoms with Crippen molar-refractivity contribution in [3.8, 4) is 5.75 Å². The fourth-order valence-corrected chi connectivity index (χ4v) is 2.76. The number of hydrogen-bond acceptors (Lipinski definition) is 2. The zero-order valence-electron chi connectivity index (χ0n) is 5.54. The summed E-state index contributed by atoms with van der Waals surface area (Å²) < 4.78 is 2.66. The third kappa shape index (κ3) is 1.66. The highest BCUT2D eigenvalue weighted by Crippen LogP contribution is 2.46. The smallest absolute Gasteiger partial charge is 0.155 e. The van der Waals surface area contributed by atoms with Crippen LogP contribution in [0.4, 0.5) is 5.69 Å². The van der Waals surface area contributed by atoms with Crippen LogP contribution in [0.25, 0.3) is 0 Å². The van der Waals surface area contributed by atoms with Gasteiger partial charge in [0.15, 0.2) is 5.75 Å². The Bertz CT molecular complexity index is 234. The molecule has 0 aliphatic rings. The molecule has 0 heterocycles. The highest BCUT2D eigenvalue weighted by molar-refractivity contribution is 9.15. The standard InChI is InChI=1S/C6H3Br4NO/c7-1-2(8)4(10)6(12)5(11)3(1)9/h12H,11H2. The molecule has 0 radical (unpaired) electrons. The third-order valence-corrected chi connectivity index (χ3v) is 6.06. The number of nitrogens with two attached hydrogens (primary N) is 1. The first-order valence-electron chi connectivity index (χ1n) is 2.77. The van der Waals surface area contributed by atoms with Crippen LogP contribution in [0, 0.1) is 0 Å². The molecule has 66 valence electrons. The van der Waals surface area contributed by atoms with Crippen molar-refractivity contribution in [2.75, 3.05) is 5.73 Å². The Kier molecular flexibility index (Phi) is 3.48. The van der Waals surface area contributed by atoms with E-state index in [1.54, 1.807) is 0 Å². The van der Waals surface area contributed by atoms with Crippen molar-refractivity contribution in [3.05, 3.63) is 17.9 Å². The number of rotatable bonds is 0. The summed E-state index contributed by atoms with van der Waals surface area (Å²) in [6.07, 6.45) is 0. The fourth-order valence-electron chi connectivity index (χ4n) is 0.637. The van der Waals surface area contributed by atoms with Gasteiger partial charge in [-0.25, -0.2) is 0 Å². The lowest BCUT2D eigenvalue weighted by atomic mass is 10.3. The van der Waals surface area contributed by atoms with Crippen molar-refractivity contribution in [1.82, 2.24) is 0 Å². The molecule has 1 aromatic carbocycles. The van der Waals surface area contributed by atoms with Gasteiger partial charge in [-0.1, -0.05) is 0 Å². The zero-order valence-corrected chi connectivity index (χ0v) is 11.9. The van der Waals surface area contributed by atoms with E-state index in [0.29, 0.717) is 14.6 Å². The molecular weight excluding hydrogens is 422 g/mol. The monoisotopic (exact) mass is 421 g/mol. The van der Waals surface area contributed by atoms with Gasteiger partial charge in [0, 0.05) is 4.47 Å². The van der Waals surface area contributed by atoms with Gasteiger partial charge in [-0.15, -0.1) is 0 Å². The van der Waals surface area contributed by atoms with Crippen molar-refractivity contribution in [2.45, 2.75) is 0 Å². The lowest BCUT2D eigenvalue weighted by molar-refractivity contribution is 0.473. The van der Waals surface area contributed by atoms with Crippen LogP contribution < -0.4 is 5.73 Å². The first-order chi connectivity index (χ1) is 5.46. The summed E-state index contributed by atoms with van der Waals surface area (Å²) in [6.45, 7) is 0. The molecule has 0 amide bonds. The van der Waals surface area contributed by atoms with Crippen molar-refractivity contribution >= 4 is 69.4 Å². The van der Waals surface area contributed by atoms with E-state index in [0.717, 1.165) is 8.95 Å². The number of nitrogen functional groups attached to an aromatic ring is 1. The molecule has 0 aromatic heterocycles. The second-order valence-corrected chi connectivity index (χ2v) is 5.19. The maximum atomic E-state index is 9.44. The van der Waals surface area contributed by atoms with Gasteiger partial charge in [-0.2, -0.15) is 0 Å². The van der Waals surface area contributed by atoms with Crippen molar-refractivity contribution in [1.29, 1.82) is 0 Å². The number of hydrogen-bond donors (Lipinski definition) is 2. The Morgan fingerprint density at radius 1 is 0.833 bits per heavy atom. The van der Waals surface area contributed by atoms with Crippen LogP contribution in [0.3, 0.4) is 0 Å². The molecule has 6 heteroatoms. The van der Waals surface area contributed by atoms with Gasteiger partial charge in [0.25, 0.3) is 0 Å². The van der Waals surface area contributed by atoms with Gasteiger partial charge >= 0.3 is 0 Å². The van der Waals surface area contributed by atoms with E-state index in [4.69, 9.17) is 5.73 Å². The maximum Gasteiger partial charge on any atom is 0.155 e. The molecule has 0 aliphatic carbocycles. The van der Waals surface area contributed by atoms with E-state index in [2.05, 4.69) is 63.7 Å². The molecule has 0 fully saturated rings.